The molecule has 0 bridgehead atoms. The number of aromatic nitrogens is 3. The summed E-state index contributed by atoms with van der Waals surface area (Å²) in [6, 6.07) is 0. The van der Waals surface area contributed by atoms with Gasteiger partial charge in [-0.25, -0.2) is 4.98 Å². The lowest BCUT2D eigenvalue weighted by Gasteiger charge is -2.24. The summed E-state index contributed by atoms with van der Waals surface area (Å²) in [5.41, 5.74) is 0.249. The van der Waals surface area contributed by atoms with Gasteiger partial charge in [0.05, 0.1) is 5.41 Å². The number of oxazole rings is 1. The van der Waals surface area contributed by atoms with Crippen molar-refractivity contribution in [3.63, 3.8) is 0 Å². The third-order valence-corrected chi connectivity index (χ3v) is 5.52. The van der Waals surface area contributed by atoms with E-state index < -0.39 is 0 Å². The first kappa shape index (κ1) is 15.4. The molecule has 2 aromatic heterocycles. The predicted octanol–water partition coefficient (Wildman–Crippen LogP) is 2.38. The SMILES string of the molecule is CCc1nnc([C@]23CCC[C@H]2CN(C(=O)c2ncoc2CC)C3)o1. The highest BCUT2D eigenvalue weighted by atomic mass is 16.4. The second-order valence-corrected chi connectivity index (χ2v) is 6.76. The van der Waals surface area contributed by atoms with Crippen molar-refractivity contribution >= 4 is 5.91 Å². The molecule has 0 unspecified atom stereocenters. The van der Waals surface area contributed by atoms with Gasteiger partial charge in [0.25, 0.3) is 5.91 Å². The zero-order valence-corrected chi connectivity index (χ0v) is 14.1. The number of likely N-dealkylation sites (tertiary alicyclic amines) is 1. The fraction of sp³-hybridized carbons (Fsp3) is 0.647. The molecular formula is C17H22N4O3. The van der Waals surface area contributed by atoms with Crippen LogP contribution in [0.15, 0.2) is 15.2 Å². The molecule has 0 spiro atoms. The standard InChI is InChI=1S/C17H22N4O3/c1-3-12-14(18-10-23-12)15(22)21-8-11-6-5-7-17(11,9-21)16-20-19-13(4-2)24-16/h10-11H,3-9H2,1-2H3/t11-,17-/m0/s1. The fourth-order valence-electron chi connectivity index (χ4n) is 4.24. The Kier molecular flexibility index (Phi) is 3.66. The van der Waals surface area contributed by atoms with E-state index in [0.29, 0.717) is 42.1 Å². The summed E-state index contributed by atoms with van der Waals surface area (Å²) in [5, 5.41) is 8.44. The Labute approximate surface area is 140 Å². The predicted molar refractivity (Wildman–Crippen MR) is 84.5 cm³/mol. The van der Waals surface area contributed by atoms with E-state index >= 15 is 0 Å². The summed E-state index contributed by atoms with van der Waals surface area (Å²) in [6.45, 7) is 5.31. The Morgan fingerprint density at radius 1 is 1.38 bits per heavy atom. The van der Waals surface area contributed by atoms with E-state index in [0.717, 1.165) is 32.2 Å². The molecular weight excluding hydrogens is 308 g/mol. The molecule has 128 valence electrons. The van der Waals surface area contributed by atoms with Gasteiger partial charge in [-0.15, -0.1) is 10.2 Å². The van der Waals surface area contributed by atoms with Gasteiger partial charge in [-0.1, -0.05) is 20.3 Å². The largest absolute Gasteiger partial charge is 0.448 e. The van der Waals surface area contributed by atoms with Crippen molar-refractivity contribution in [3.05, 3.63) is 29.6 Å². The quantitative estimate of drug-likeness (QED) is 0.855. The number of aryl methyl sites for hydroxylation is 2. The van der Waals surface area contributed by atoms with Crippen molar-refractivity contribution in [1.82, 2.24) is 20.1 Å². The van der Waals surface area contributed by atoms with Crippen molar-refractivity contribution in [2.75, 3.05) is 13.1 Å². The van der Waals surface area contributed by atoms with Gasteiger partial charge >= 0.3 is 0 Å². The highest BCUT2D eigenvalue weighted by molar-refractivity contribution is 5.93. The molecule has 2 fully saturated rings. The number of fused-ring (bicyclic) bond motifs is 1. The van der Waals surface area contributed by atoms with E-state index in [1.807, 2.05) is 18.7 Å². The Hall–Kier alpha value is -2.18. The highest BCUT2D eigenvalue weighted by Crippen LogP contribution is 2.50. The zero-order valence-electron chi connectivity index (χ0n) is 14.1. The number of nitrogens with zero attached hydrogens (tertiary/aromatic N) is 4. The van der Waals surface area contributed by atoms with Crippen molar-refractivity contribution in [1.29, 1.82) is 0 Å². The minimum atomic E-state index is -0.188. The monoisotopic (exact) mass is 330 g/mol. The number of amides is 1. The van der Waals surface area contributed by atoms with Crippen LogP contribution in [0.2, 0.25) is 0 Å². The van der Waals surface area contributed by atoms with E-state index in [9.17, 15) is 4.79 Å². The van der Waals surface area contributed by atoms with Gasteiger partial charge in [0, 0.05) is 25.9 Å². The van der Waals surface area contributed by atoms with Crippen LogP contribution in [-0.4, -0.2) is 39.1 Å². The van der Waals surface area contributed by atoms with Gasteiger partial charge in [0.1, 0.15) is 5.76 Å². The molecule has 24 heavy (non-hydrogen) atoms. The first-order valence-electron chi connectivity index (χ1n) is 8.72. The lowest BCUT2D eigenvalue weighted by atomic mass is 9.80. The van der Waals surface area contributed by atoms with Crippen molar-refractivity contribution in [2.45, 2.75) is 51.4 Å². The summed E-state index contributed by atoms with van der Waals surface area (Å²) in [7, 11) is 0. The maximum absolute atomic E-state index is 12.9. The number of hydrogen-bond donors (Lipinski definition) is 0. The van der Waals surface area contributed by atoms with E-state index in [-0.39, 0.29) is 11.3 Å². The van der Waals surface area contributed by atoms with Crippen molar-refractivity contribution in [3.8, 4) is 0 Å². The van der Waals surface area contributed by atoms with Gasteiger partial charge in [-0.2, -0.15) is 0 Å². The van der Waals surface area contributed by atoms with Crippen LogP contribution in [-0.2, 0) is 18.3 Å². The van der Waals surface area contributed by atoms with Crippen LogP contribution < -0.4 is 0 Å². The molecule has 1 saturated heterocycles. The summed E-state index contributed by atoms with van der Waals surface area (Å²) in [6.07, 6.45) is 5.96. The molecule has 2 aliphatic rings. The third kappa shape index (κ3) is 2.17. The highest BCUT2D eigenvalue weighted by Gasteiger charge is 2.55. The molecule has 2 atom stereocenters. The first-order chi connectivity index (χ1) is 11.7. The third-order valence-electron chi connectivity index (χ3n) is 5.52. The topological polar surface area (TPSA) is 85.3 Å². The Morgan fingerprint density at radius 2 is 2.25 bits per heavy atom. The molecule has 0 radical (unpaired) electrons. The average molecular weight is 330 g/mol. The minimum Gasteiger partial charge on any atom is -0.448 e. The Bertz CT molecular complexity index is 753. The molecule has 1 aliphatic carbocycles. The van der Waals surface area contributed by atoms with Gasteiger partial charge < -0.3 is 13.7 Å². The van der Waals surface area contributed by atoms with Gasteiger partial charge in [0.2, 0.25) is 11.8 Å². The summed E-state index contributed by atoms with van der Waals surface area (Å²) in [4.78, 5) is 18.9. The maximum Gasteiger partial charge on any atom is 0.276 e. The summed E-state index contributed by atoms with van der Waals surface area (Å²) < 4.78 is 11.2. The van der Waals surface area contributed by atoms with Crippen LogP contribution in [0, 0.1) is 5.92 Å². The average Bonchev–Trinajstić information content (AvgIpc) is 3.34. The molecule has 2 aromatic rings. The van der Waals surface area contributed by atoms with Crippen LogP contribution >= 0.6 is 0 Å². The molecule has 3 heterocycles. The molecule has 4 rings (SSSR count). The van der Waals surface area contributed by atoms with E-state index in [2.05, 4.69) is 15.2 Å². The molecule has 0 aromatic carbocycles. The van der Waals surface area contributed by atoms with E-state index in [1.54, 1.807) is 0 Å². The Morgan fingerprint density at radius 3 is 3.00 bits per heavy atom. The van der Waals surface area contributed by atoms with Crippen LogP contribution in [0.25, 0.3) is 0 Å². The molecule has 1 aliphatic heterocycles. The van der Waals surface area contributed by atoms with Crippen molar-refractivity contribution in [2.24, 2.45) is 5.92 Å². The van der Waals surface area contributed by atoms with Crippen LogP contribution in [0.4, 0.5) is 0 Å². The van der Waals surface area contributed by atoms with Gasteiger partial charge in [-0.3, -0.25) is 4.79 Å². The smallest absolute Gasteiger partial charge is 0.276 e. The second kappa shape index (κ2) is 5.72. The molecule has 7 heteroatoms. The normalized spacial score (nSPS) is 26.1. The maximum atomic E-state index is 12.9. The van der Waals surface area contributed by atoms with E-state index in [4.69, 9.17) is 8.83 Å². The van der Waals surface area contributed by atoms with Crippen molar-refractivity contribution < 1.29 is 13.6 Å². The van der Waals surface area contributed by atoms with Crippen LogP contribution in [0.1, 0.15) is 61.1 Å². The zero-order chi connectivity index (χ0) is 16.7. The number of rotatable bonds is 4. The molecule has 7 nitrogen and oxygen atoms in total. The molecule has 1 saturated carbocycles. The fourth-order valence-corrected chi connectivity index (χ4v) is 4.24. The number of carbonyl (C=O) groups is 1. The first-order valence-corrected chi connectivity index (χ1v) is 8.72. The minimum absolute atomic E-state index is 0.0513. The molecule has 0 N–H and O–H groups in total. The number of carbonyl (C=O) groups excluding carboxylic acids is 1. The Balaban J connectivity index is 1.62. The lowest BCUT2D eigenvalue weighted by Crippen LogP contribution is -2.35. The van der Waals surface area contributed by atoms with E-state index in [1.165, 1.54) is 6.39 Å². The number of hydrogen-bond acceptors (Lipinski definition) is 6. The van der Waals surface area contributed by atoms with Gasteiger partial charge in [-0.05, 0) is 18.8 Å². The molecule has 1 amide bonds. The summed E-state index contributed by atoms with van der Waals surface area (Å²) >= 11 is 0. The summed E-state index contributed by atoms with van der Waals surface area (Å²) in [5.74, 6) is 2.35. The van der Waals surface area contributed by atoms with Crippen LogP contribution in [0.5, 0.6) is 0 Å². The van der Waals surface area contributed by atoms with Crippen LogP contribution in [0.3, 0.4) is 0 Å². The lowest BCUT2D eigenvalue weighted by molar-refractivity contribution is 0.0768. The van der Waals surface area contributed by atoms with Gasteiger partial charge in [0.15, 0.2) is 12.1 Å². The second-order valence-electron chi connectivity index (χ2n) is 6.76.